The molecule has 0 spiro atoms. The smallest absolute Gasteiger partial charge is 0.331 e. The molecule has 8 nitrogen and oxygen atoms in total. The van der Waals surface area contributed by atoms with Gasteiger partial charge in [-0.25, -0.2) is 9.59 Å². The molecule has 0 amide bonds. The first kappa shape index (κ1) is 23.9. The van der Waals surface area contributed by atoms with Crippen LogP contribution < -0.4 is 0 Å². The molecule has 3 aliphatic rings. The van der Waals surface area contributed by atoms with E-state index in [9.17, 15) is 19.2 Å². The minimum atomic E-state index is -1.44. The molecule has 0 radical (unpaired) electrons. The highest BCUT2D eigenvalue weighted by molar-refractivity contribution is 5.99. The number of esters is 2. The Morgan fingerprint density at radius 2 is 1.00 bits per heavy atom. The van der Waals surface area contributed by atoms with E-state index >= 15 is 0 Å². The van der Waals surface area contributed by atoms with Crippen molar-refractivity contribution < 1.29 is 38.9 Å². The van der Waals surface area contributed by atoms with E-state index in [1.54, 1.807) is 0 Å². The van der Waals surface area contributed by atoms with Gasteiger partial charge in [0.1, 0.15) is 12.2 Å². The van der Waals surface area contributed by atoms with Crippen LogP contribution in [0.5, 0.6) is 0 Å². The Morgan fingerprint density at radius 1 is 0.633 bits per heavy atom. The highest BCUT2D eigenvalue weighted by atomic mass is 16.5. The number of aliphatic carboxylic acids is 2. The number of carboxylic acids is 2. The Labute approximate surface area is 176 Å². The summed E-state index contributed by atoms with van der Waals surface area (Å²) in [6.07, 6.45) is 14.3. The molecule has 0 aliphatic heterocycles. The van der Waals surface area contributed by atoms with E-state index in [4.69, 9.17) is 19.7 Å². The second-order valence-corrected chi connectivity index (χ2v) is 8.27. The summed E-state index contributed by atoms with van der Waals surface area (Å²) < 4.78 is 10.6. The molecule has 2 N–H and O–H groups in total. The van der Waals surface area contributed by atoms with E-state index in [0.29, 0.717) is 6.42 Å². The average Bonchev–Trinajstić information content (AvgIpc) is 2.67. The zero-order chi connectivity index (χ0) is 22.0. The summed E-state index contributed by atoms with van der Waals surface area (Å²) in [5, 5.41) is 16.9. The Balaban J connectivity index is 0.000000269. The Morgan fingerprint density at radius 3 is 1.23 bits per heavy atom. The monoisotopic (exact) mass is 424 g/mol. The fourth-order valence-electron chi connectivity index (χ4n) is 3.96. The van der Waals surface area contributed by atoms with E-state index in [-0.39, 0.29) is 25.0 Å². The van der Waals surface area contributed by atoms with Crippen molar-refractivity contribution >= 4 is 23.9 Å². The number of carbonyl (C=O) groups is 4. The number of hydrogen-bond acceptors (Lipinski definition) is 6. The van der Waals surface area contributed by atoms with Gasteiger partial charge >= 0.3 is 23.9 Å². The predicted molar refractivity (Wildman–Crippen MR) is 107 cm³/mol. The lowest BCUT2D eigenvalue weighted by atomic mass is 9.69. The standard InChI is InChI=1S/C16H24O4.C6H8O4/c17-15(19-13-7-3-1-4-8-13)11-12-16(18)20-14-9-5-2-6-10-14;7-4(8)6(5(9)10)2-1-3-6/h11-14H,1-10H2;1-3H2,(H,7,8)(H,9,10)/b12-11-;. The zero-order valence-electron chi connectivity index (χ0n) is 17.3. The van der Waals surface area contributed by atoms with Crippen LogP contribution in [0, 0.1) is 5.41 Å². The third kappa shape index (κ3) is 7.15. The number of rotatable bonds is 6. The van der Waals surface area contributed by atoms with Gasteiger partial charge in [0, 0.05) is 12.2 Å². The van der Waals surface area contributed by atoms with Crippen molar-refractivity contribution in [1.82, 2.24) is 0 Å². The van der Waals surface area contributed by atoms with Crippen LogP contribution in [0.1, 0.15) is 83.5 Å². The molecule has 3 rings (SSSR count). The molecule has 0 aromatic rings. The third-order valence-corrected chi connectivity index (χ3v) is 6.05. The first-order valence-electron chi connectivity index (χ1n) is 10.9. The largest absolute Gasteiger partial charge is 0.480 e. The molecule has 168 valence electrons. The molecular weight excluding hydrogens is 392 g/mol. The predicted octanol–water partition coefficient (Wildman–Crippen LogP) is 3.62. The van der Waals surface area contributed by atoms with Crippen molar-refractivity contribution in [3.8, 4) is 0 Å². The van der Waals surface area contributed by atoms with Gasteiger partial charge in [-0.3, -0.25) is 9.59 Å². The van der Waals surface area contributed by atoms with Crippen LogP contribution in [-0.4, -0.2) is 46.3 Å². The minimum Gasteiger partial charge on any atom is -0.480 e. The molecule has 0 bridgehead atoms. The lowest BCUT2D eigenvalue weighted by Crippen LogP contribution is -2.44. The van der Waals surface area contributed by atoms with Crippen LogP contribution in [0.15, 0.2) is 12.2 Å². The second-order valence-electron chi connectivity index (χ2n) is 8.27. The molecule has 0 heterocycles. The molecule has 0 atom stereocenters. The summed E-state index contributed by atoms with van der Waals surface area (Å²) in [5.41, 5.74) is -1.44. The van der Waals surface area contributed by atoms with Crippen molar-refractivity contribution in [3.63, 3.8) is 0 Å². The van der Waals surface area contributed by atoms with Gasteiger partial charge in [0.05, 0.1) is 0 Å². The van der Waals surface area contributed by atoms with Gasteiger partial charge in [0.2, 0.25) is 0 Å². The van der Waals surface area contributed by atoms with E-state index in [0.717, 1.165) is 51.4 Å². The fourth-order valence-corrected chi connectivity index (χ4v) is 3.96. The highest BCUT2D eigenvalue weighted by Crippen LogP contribution is 2.41. The van der Waals surface area contributed by atoms with Crippen molar-refractivity contribution in [2.75, 3.05) is 0 Å². The molecule has 0 aromatic carbocycles. The number of carbonyl (C=O) groups excluding carboxylic acids is 2. The van der Waals surface area contributed by atoms with E-state index in [2.05, 4.69) is 0 Å². The molecule has 3 aliphatic carbocycles. The van der Waals surface area contributed by atoms with Crippen LogP contribution in [0.3, 0.4) is 0 Å². The van der Waals surface area contributed by atoms with Crippen LogP contribution in [0.4, 0.5) is 0 Å². The normalized spacial score (nSPS) is 21.6. The zero-order valence-corrected chi connectivity index (χ0v) is 17.3. The summed E-state index contributed by atoms with van der Waals surface area (Å²) in [5.74, 6) is -3.27. The topological polar surface area (TPSA) is 127 Å². The van der Waals surface area contributed by atoms with Gasteiger partial charge in [0.15, 0.2) is 5.41 Å². The van der Waals surface area contributed by atoms with Gasteiger partial charge in [0.25, 0.3) is 0 Å². The maximum absolute atomic E-state index is 11.6. The summed E-state index contributed by atoms with van der Waals surface area (Å²) in [6, 6.07) is 0. The van der Waals surface area contributed by atoms with Crippen molar-refractivity contribution in [1.29, 1.82) is 0 Å². The van der Waals surface area contributed by atoms with Crippen LogP contribution >= 0.6 is 0 Å². The summed E-state index contributed by atoms with van der Waals surface area (Å²) in [6.45, 7) is 0. The maximum atomic E-state index is 11.6. The molecular formula is C22H32O8. The van der Waals surface area contributed by atoms with Crippen molar-refractivity contribution in [2.45, 2.75) is 95.7 Å². The third-order valence-electron chi connectivity index (χ3n) is 6.05. The van der Waals surface area contributed by atoms with Crippen LogP contribution in [0.2, 0.25) is 0 Å². The Hall–Kier alpha value is -2.38. The minimum absolute atomic E-state index is 0.0234. The van der Waals surface area contributed by atoms with Gasteiger partial charge in [-0.2, -0.15) is 0 Å². The lowest BCUT2D eigenvalue weighted by molar-refractivity contribution is -0.171. The Kier molecular flexibility index (Phi) is 9.33. The van der Waals surface area contributed by atoms with Crippen molar-refractivity contribution in [3.05, 3.63) is 12.2 Å². The average molecular weight is 424 g/mol. The molecule has 3 fully saturated rings. The Bertz CT molecular complexity index is 588. The molecule has 0 saturated heterocycles. The first-order chi connectivity index (χ1) is 14.3. The van der Waals surface area contributed by atoms with Crippen LogP contribution in [0.25, 0.3) is 0 Å². The van der Waals surface area contributed by atoms with Gasteiger partial charge in [-0.05, 0) is 70.6 Å². The van der Waals surface area contributed by atoms with E-state index in [1.807, 2.05) is 0 Å². The van der Waals surface area contributed by atoms with E-state index in [1.165, 1.54) is 25.0 Å². The number of ether oxygens (including phenoxy) is 2. The van der Waals surface area contributed by atoms with Crippen LogP contribution in [-0.2, 0) is 28.7 Å². The molecule has 3 saturated carbocycles. The second kappa shape index (κ2) is 11.7. The highest BCUT2D eigenvalue weighted by Gasteiger charge is 2.51. The SMILES string of the molecule is O=C(/C=C\C(=O)OC1CCCCC1)OC1CCCCC1.O=C(O)C1(C(=O)O)CCC1. The summed E-state index contributed by atoms with van der Waals surface area (Å²) in [7, 11) is 0. The lowest BCUT2D eigenvalue weighted by Gasteiger charge is -2.32. The number of carboxylic acid groups (broad SMARTS) is 2. The van der Waals surface area contributed by atoms with Crippen molar-refractivity contribution in [2.24, 2.45) is 5.41 Å². The van der Waals surface area contributed by atoms with Gasteiger partial charge < -0.3 is 19.7 Å². The molecule has 8 heteroatoms. The summed E-state index contributed by atoms with van der Waals surface area (Å²) >= 11 is 0. The van der Waals surface area contributed by atoms with Gasteiger partial charge in [-0.1, -0.05) is 12.8 Å². The molecule has 0 aromatic heterocycles. The first-order valence-corrected chi connectivity index (χ1v) is 10.9. The quantitative estimate of drug-likeness (QED) is 0.376. The fraction of sp³-hybridized carbons (Fsp3) is 0.727. The maximum Gasteiger partial charge on any atom is 0.331 e. The van der Waals surface area contributed by atoms with E-state index < -0.39 is 29.3 Å². The molecule has 30 heavy (non-hydrogen) atoms. The summed E-state index contributed by atoms with van der Waals surface area (Å²) in [4.78, 5) is 43.9. The molecule has 0 unspecified atom stereocenters. The van der Waals surface area contributed by atoms with Gasteiger partial charge in [-0.15, -0.1) is 0 Å². The number of hydrogen-bond donors (Lipinski definition) is 2.